The standard InChI is InChI=1S/C16H13BrF4N4O2/c1-7-11(17)12(13(18)19)24-25(7)8(2)14-22-23-15(27-14)9-3-5-10(6-4-9)26-16(20)21/h3-6,8,13,16H,1-2H3. The largest absolute Gasteiger partial charge is 0.435 e. The molecule has 0 saturated heterocycles. The first kappa shape index (κ1) is 19.3. The number of benzene rings is 1. The van der Waals surface area contributed by atoms with Gasteiger partial charge in [0.25, 0.3) is 6.43 Å². The molecule has 1 unspecified atom stereocenters. The maximum Gasteiger partial charge on any atom is 0.387 e. The second kappa shape index (κ2) is 7.67. The monoisotopic (exact) mass is 448 g/mol. The Morgan fingerprint density at radius 3 is 2.33 bits per heavy atom. The summed E-state index contributed by atoms with van der Waals surface area (Å²) < 4.78 is 61.9. The van der Waals surface area contributed by atoms with Gasteiger partial charge in [-0.2, -0.15) is 13.9 Å². The van der Waals surface area contributed by atoms with E-state index in [1.807, 2.05) is 0 Å². The second-order valence-electron chi connectivity index (χ2n) is 5.55. The number of ether oxygens (including phenoxy) is 1. The van der Waals surface area contributed by atoms with E-state index in [4.69, 9.17) is 4.42 Å². The molecule has 2 aromatic heterocycles. The highest BCUT2D eigenvalue weighted by atomic mass is 79.9. The van der Waals surface area contributed by atoms with E-state index in [0.717, 1.165) is 0 Å². The quantitative estimate of drug-likeness (QED) is 0.487. The van der Waals surface area contributed by atoms with Crippen LogP contribution < -0.4 is 4.74 Å². The van der Waals surface area contributed by atoms with Crippen LogP contribution in [-0.4, -0.2) is 26.6 Å². The number of rotatable bonds is 6. The van der Waals surface area contributed by atoms with Crippen LogP contribution >= 0.6 is 15.9 Å². The highest BCUT2D eigenvalue weighted by Crippen LogP contribution is 2.32. The Kier molecular flexibility index (Phi) is 5.49. The zero-order valence-electron chi connectivity index (χ0n) is 14.0. The summed E-state index contributed by atoms with van der Waals surface area (Å²) in [4.78, 5) is 0. The first-order chi connectivity index (χ1) is 12.8. The zero-order valence-corrected chi connectivity index (χ0v) is 15.6. The molecule has 0 fully saturated rings. The summed E-state index contributed by atoms with van der Waals surface area (Å²) in [6, 6.07) is 5.09. The van der Waals surface area contributed by atoms with Gasteiger partial charge < -0.3 is 9.15 Å². The molecule has 0 aliphatic heterocycles. The summed E-state index contributed by atoms with van der Waals surface area (Å²) in [5.74, 6) is 0.314. The molecule has 0 aliphatic rings. The number of halogens is 5. The molecule has 3 rings (SSSR count). The zero-order chi connectivity index (χ0) is 19.7. The number of aromatic nitrogens is 4. The number of hydrogen-bond donors (Lipinski definition) is 0. The molecular formula is C16H13BrF4N4O2. The highest BCUT2D eigenvalue weighted by molar-refractivity contribution is 9.10. The van der Waals surface area contributed by atoms with Crippen LogP contribution in [0.25, 0.3) is 11.5 Å². The van der Waals surface area contributed by atoms with Crippen molar-refractivity contribution >= 4 is 15.9 Å². The molecule has 0 amide bonds. The summed E-state index contributed by atoms with van der Waals surface area (Å²) in [5, 5.41) is 11.8. The fraction of sp³-hybridized carbons (Fsp3) is 0.312. The summed E-state index contributed by atoms with van der Waals surface area (Å²) in [6.45, 7) is 0.401. The summed E-state index contributed by atoms with van der Waals surface area (Å²) in [5.41, 5.74) is 0.619. The average molecular weight is 449 g/mol. The van der Waals surface area contributed by atoms with E-state index >= 15 is 0 Å². The van der Waals surface area contributed by atoms with Crippen LogP contribution in [0, 0.1) is 6.92 Å². The van der Waals surface area contributed by atoms with Gasteiger partial charge in [-0.1, -0.05) is 0 Å². The van der Waals surface area contributed by atoms with Crippen molar-refractivity contribution in [1.82, 2.24) is 20.0 Å². The molecule has 3 aromatic rings. The minimum absolute atomic E-state index is 0.00148. The Balaban J connectivity index is 1.84. The first-order valence-electron chi connectivity index (χ1n) is 7.69. The maximum atomic E-state index is 13.0. The normalized spacial score (nSPS) is 12.8. The molecule has 0 radical (unpaired) electrons. The van der Waals surface area contributed by atoms with Crippen LogP contribution in [0.3, 0.4) is 0 Å². The predicted octanol–water partition coefficient (Wildman–Crippen LogP) is 5.15. The smallest absolute Gasteiger partial charge is 0.387 e. The number of hydrogen-bond acceptors (Lipinski definition) is 5. The molecule has 2 heterocycles. The lowest BCUT2D eigenvalue weighted by Crippen LogP contribution is -2.11. The number of nitrogens with zero attached hydrogens (tertiary/aromatic N) is 4. The summed E-state index contributed by atoms with van der Waals surface area (Å²) in [7, 11) is 0. The van der Waals surface area contributed by atoms with Crippen LogP contribution in [-0.2, 0) is 0 Å². The van der Waals surface area contributed by atoms with E-state index in [1.165, 1.54) is 28.9 Å². The Morgan fingerprint density at radius 1 is 1.11 bits per heavy atom. The molecule has 11 heteroatoms. The third-order valence-corrected chi connectivity index (χ3v) is 4.78. The van der Waals surface area contributed by atoms with Crippen LogP contribution in [0.15, 0.2) is 33.2 Å². The van der Waals surface area contributed by atoms with Gasteiger partial charge in [0.05, 0.1) is 10.2 Å². The Morgan fingerprint density at radius 2 is 1.78 bits per heavy atom. The molecule has 0 spiro atoms. The van der Waals surface area contributed by atoms with E-state index in [-0.39, 0.29) is 27.7 Å². The average Bonchev–Trinajstić information content (AvgIpc) is 3.21. The molecule has 0 N–H and O–H groups in total. The minimum atomic E-state index is -2.92. The fourth-order valence-electron chi connectivity index (χ4n) is 2.44. The third-order valence-electron chi connectivity index (χ3n) is 3.80. The molecule has 0 bridgehead atoms. The van der Waals surface area contributed by atoms with Crippen LogP contribution in [0.2, 0.25) is 0 Å². The van der Waals surface area contributed by atoms with E-state index < -0.39 is 19.1 Å². The molecule has 1 aromatic carbocycles. The Hall–Kier alpha value is -2.43. The lowest BCUT2D eigenvalue weighted by Gasteiger charge is -2.09. The molecule has 27 heavy (non-hydrogen) atoms. The molecular weight excluding hydrogens is 436 g/mol. The van der Waals surface area contributed by atoms with Crippen molar-refractivity contribution in [2.24, 2.45) is 0 Å². The summed E-state index contributed by atoms with van der Waals surface area (Å²) in [6.07, 6.45) is -2.72. The van der Waals surface area contributed by atoms with Gasteiger partial charge in [0.15, 0.2) is 0 Å². The highest BCUT2D eigenvalue weighted by Gasteiger charge is 2.25. The maximum absolute atomic E-state index is 13.0. The number of alkyl halides is 4. The van der Waals surface area contributed by atoms with Gasteiger partial charge in [-0.15, -0.1) is 10.2 Å². The molecule has 0 saturated carbocycles. The lowest BCUT2D eigenvalue weighted by molar-refractivity contribution is -0.0498. The fourth-order valence-corrected chi connectivity index (χ4v) is 2.88. The van der Waals surface area contributed by atoms with Gasteiger partial charge in [0.2, 0.25) is 11.8 Å². The van der Waals surface area contributed by atoms with Crippen LogP contribution in [0.1, 0.15) is 36.7 Å². The first-order valence-corrected chi connectivity index (χ1v) is 8.48. The van der Waals surface area contributed by atoms with Crippen molar-refractivity contribution < 1.29 is 26.7 Å². The van der Waals surface area contributed by atoms with Gasteiger partial charge in [-0.05, 0) is 54.0 Å². The lowest BCUT2D eigenvalue weighted by atomic mass is 10.2. The van der Waals surface area contributed by atoms with E-state index in [2.05, 4.69) is 36.0 Å². The van der Waals surface area contributed by atoms with Gasteiger partial charge in [0, 0.05) is 5.56 Å². The van der Waals surface area contributed by atoms with E-state index in [0.29, 0.717) is 11.3 Å². The third kappa shape index (κ3) is 3.97. The molecule has 1 atom stereocenters. The van der Waals surface area contributed by atoms with E-state index in [9.17, 15) is 17.6 Å². The topological polar surface area (TPSA) is 66.0 Å². The molecule has 0 aliphatic carbocycles. The van der Waals surface area contributed by atoms with Gasteiger partial charge in [-0.25, -0.2) is 8.78 Å². The molecule has 6 nitrogen and oxygen atoms in total. The molecule has 144 valence electrons. The van der Waals surface area contributed by atoms with Crippen molar-refractivity contribution in [2.75, 3.05) is 0 Å². The van der Waals surface area contributed by atoms with Crippen molar-refractivity contribution in [3.63, 3.8) is 0 Å². The van der Waals surface area contributed by atoms with Gasteiger partial charge in [0.1, 0.15) is 17.5 Å². The minimum Gasteiger partial charge on any atom is -0.435 e. The SMILES string of the molecule is Cc1c(Br)c(C(F)F)nn1C(C)c1nnc(-c2ccc(OC(F)F)cc2)o1. The van der Waals surface area contributed by atoms with Gasteiger partial charge >= 0.3 is 6.61 Å². The predicted molar refractivity (Wildman–Crippen MR) is 89.8 cm³/mol. The van der Waals surface area contributed by atoms with Crippen LogP contribution in [0.5, 0.6) is 5.75 Å². The van der Waals surface area contributed by atoms with Crippen molar-refractivity contribution in [2.45, 2.75) is 32.9 Å². The Labute approximate surface area is 159 Å². The van der Waals surface area contributed by atoms with Crippen molar-refractivity contribution in [3.8, 4) is 17.2 Å². The second-order valence-corrected chi connectivity index (χ2v) is 6.35. The Bertz CT molecular complexity index is 927. The van der Waals surface area contributed by atoms with Crippen molar-refractivity contribution in [1.29, 1.82) is 0 Å². The van der Waals surface area contributed by atoms with E-state index in [1.54, 1.807) is 13.8 Å². The summed E-state index contributed by atoms with van der Waals surface area (Å²) >= 11 is 3.11. The van der Waals surface area contributed by atoms with Crippen LogP contribution in [0.4, 0.5) is 17.6 Å². The van der Waals surface area contributed by atoms with Gasteiger partial charge in [-0.3, -0.25) is 4.68 Å². The van der Waals surface area contributed by atoms with Crippen molar-refractivity contribution in [3.05, 3.63) is 46.0 Å².